The summed E-state index contributed by atoms with van der Waals surface area (Å²) in [6.45, 7) is 7.74. The molecule has 1 spiro atoms. The number of amides is 1. The van der Waals surface area contributed by atoms with E-state index in [4.69, 9.17) is 25.8 Å². The monoisotopic (exact) mass is 700 g/mol. The van der Waals surface area contributed by atoms with Gasteiger partial charge >= 0.3 is 6.18 Å². The summed E-state index contributed by atoms with van der Waals surface area (Å²) in [5.41, 5.74) is 10.1. The number of rotatable bonds is 9. The summed E-state index contributed by atoms with van der Waals surface area (Å²) in [7, 11) is 0. The van der Waals surface area contributed by atoms with Gasteiger partial charge in [0.05, 0.1) is 6.04 Å². The number of hydrogen-bond acceptors (Lipinski definition) is 10. The number of nitrogens with one attached hydrogen (secondary N) is 1. The molecular formula is C36H39F3N10O2. The molecule has 15 heteroatoms. The first kappa shape index (κ1) is 33.0. The summed E-state index contributed by atoms with van der Waals surface area (Å²) >= 11 is 0. The third-order valence-electron chi connectivity index (χ3n) is 10.8. The van der Waals surface area contributed by atoms with Crippen molar-refractivity contribution >= 4 is 40.5 Å². The number of aromatic nitrogens is 5. The average Bonchev–Trinajstić information content (AvgIpc) is 3.79. The first-order valence-corrected chi connectivity index (χ1v) is 17.2. The van der Waals surface area contributed by atoms with Crippen LogP contribution < -0.4 is 20.3 Å². The number of nitrogens with zero attached hydrogens (tertiary/aromatic N) is 8. The summed E-state index contributed by atoms with van der Waals surface area (Å²) < 4.78 is 49.6. The van der Waals surface area contributed by atoms with Crippen molar-refractivity contribution in [3.05, 3.63) is 60.2 Å². The van der Waals surface area contributed by atoms with Crippen molar-refractivity contribution in [1.29, 1.82) is 5.41 Å². The zero-order valence-electron chi connectivity index (χ0n) is 28.3. The number of nitrogens with two attached hydrogens (primary N) is 1. The second kappa shape index (κ2) is 12.2. The largest absolute Gasteiger partial charge is 0.481 e. The molecule has 0 unspecified atom stereocenters. The number of aryl methyl sites for hydroxylation is 1. The Labute approximate surface area is 292 Å². The fraction of sp³-hybridized carbons (Fsp3) is 0.444. The van der Waals surface area contributed by atoms with Crippen molar-refractivity contribution < 1.29 is 22.7 Å². The Bertz CT molecular complexity index is 2020. The van der Waals surface area contributed by atoms with E-state index in [1.807, 2.05) is 28.9 Å². The number of piperidine rings is 1. The number of hydrogen-bond donors (Lipinski definition) is 2. The molecule has 0 atom stereocenters. The van der Waals surface area contributed by atoms with E-state index >= 15 is 0 Å². The van der Waals surface area contributed by atoms with E-state index in [-0.39, 0.29) is 34.5 Å². The Morgan fingerprint density at radius 1 is 1.14 bits per heavy atom. The summed E-state index contributed by atoms with van der Waals surface area (Å²) in [4.78, 5) is 32.4. The molecule has 3 aliphatic heterocycles. The molecule has 1 amide bonds. The minimum Gasteiger partial charge on any atom is -0.481 e. The molecular weight excluding hydrogens is 661 g/mol. The number of likely N-dealkylation sites (tertiary alicyclic amines) is 1. The minimum absolute atomic E-state index is 0.0184. The van der Waals surface area contributed by atoms with Crippen LogP contribution in [0.25, 0.3) is 22.0 Å². The van der Waals surface area contributed by atoms with Crippen LogP contribution in [0.15, 0.2) is 43.5 Å². The van der Waals surface area contributed by atoms with Gasteiger partial charge in [0.2, 0.25) is 11.9 Å². The molecule has 2 aromatic carbocycles. The Morgan fingerprint density at radius 3 is 2.51 bits per heavy atom. The topological polar surface area (TPSA) is 142 Å². The van der Waals surface area contributed by atoms with E-state index in [0.29, 0.717) is 78.8 Å². The number of alkyl halides is 3. The number of fused-ring (bicyclic) bond motifs is 1. The van der Waals surface area contributed by atoms with Crippen LogP contribution in [0, 0.1) is 17.7 Å². The predicted octanol–water partition coefficient (Wildman–Crippen LogP) is 5.27. The van der Waals surface area contributed by atoms with Crippen LogP contribution in [0.4, 0.5) is 30.6 Å². The molecule has 3 N–H and O–H groups in total. The van der Waals surface area contributed by atoms with Gasteiger partial charge in [-0.3, -0.25) is 4.79 Å². The van der Waals surface area contributed by atoms with Gasteiger partial charge in [-0.15, -0.1) is 0 Å². The predicted molar refractivity (Wildman–Crippen MR) is 187 cm³/mol. The van der Waals surface area contributed by atoms with E-state index in [2.05, 4.69) is 21.6 Å². The summed E-state index contributed by atoms with van der Waals surface area (Å²) in [6, 6.07) is 5.61. The molecule has 4 aliphatic rings. The van der Waals surface area contributed by atoms with E-state index in [9.17, 15) is 18.0 Å². The third-order valence-corrected chi connectivity index (χ3v) is 10.8. The molecule has 1 aliphatic carbocycles. The van der Waals surface area contributed by atoms with Crippen LogP contribution in [0.5, 0.6) is 5.75 Å². The van der Waals surface area contributed by atoms with Crippen LogP contribution in [0.1, 0.15) is 54.3 Å². The molecule has 4 fully saturated rings. The number of ether oxygens (including phenoxy) is 1. The zero-order valence-corrected chi connectivity index (χ0v) is 28.3. The standard InChI is InChI=1S/C36H39F3N10O2/c1-3-28(50)48-16-35(17-48)8-10-46(11-9-35)33-25-12-24(22-5-6-22)30(29-21(2)4-7-27(41)26(29)13-40)32(51-18-36(37,38)39)31(25)44-34(45-33)47-14-23(15-47)49-20-42-19-43-49/h3-4,7,12-13,19-20,22-23,40H,1,5-6,8-11,14-18,41H2,2H3. The minimum atomic E-state index is -4.61. The SMILES string of the molecule is C=CC(=O)N1CC2(CCN(c3nc(N4CC(n5cncn5)C4)nc4c(OCC(F)(F)F)c(-c5c(C)ccc(N)c5C=N)c(C5CC5)cc34)CC2)C1. The maximum atomic E-state index is 14.0. The fourth-order valence-corrected chi connectivity index (χ4v) is 7.86. The van der Waals surface area contributed by atoms with Gasteiger partial charge < -0.3 is 30.6 Å². The molecule has 8 rings (SSSR count). The molecule has 2 aromatic heterocycles. The van der Waals surface area contributed by atoms with Crippen LogP contribution in [-0.2, 0) is 4.79 Å². The Hall–Kier alpha value is -5.21. The second-order valence-corrected chi connectivity index (χ2v) is 14.3. The lowest BCUT2D eigenvalue weighted by molar-refractivity contribution is -0.153. The highest BCUT2D eigenvalue weighted by molar-refractivity contribution is 6.05. The van der Waals surface area contributed by atoms with E-state index in [0.717, 1.165) is 43.0 Å². The average molecular weight is 701 g/mol. The summed E-state index contributed by atoms with van der Waals surface area (Å²) in [6.07, 6.45) is 4.45. The van der Waals surface area contributed by atoms with Crippen molar-refractivity contribution in [3.63, 3.8) is 0 Å². The quantitative estimate of drug-likeness (QED) is 0.136. The molecule has 0 radical (unpaired) electrons. The number of carbonyl (C=O) groups is 1. The third kappa shape index (κ3) is 5.91. The number of nitrogen functional groups attached to an aromatic ring is 1. The van der Waals surface area contributed by atoms with Crippen molar-refractivity contribution in [1.82, 2.24) is 29.6 Å². The molecule has 5 heterocycles. The van der Waals surface area contributed by atoms with Gasteiger partial charge in [-0.25, -0.2) is 14.6 Å². The van der Waals surface area contributed by atoms with Gasteiger partial charge in [0, 0.05) is 73.1 Å². The van der Waals surface area contributed by atoms with Gasteiger partial charge in [-0.1, -0.05) is 12.6 Å². The second-order valence-electron chi connectivity index (χ2n) is 14.3. The Balaban J connectivity index is 1.29. The lowest BCUT2D eigenvalue weighted by Gasteiger charge is -2.54. The van der Waals surface area contributed by atoms with Gasteiger partial charge in [-0.05, 0) is 73.4 Å². The molecule has 1 saturated carbocycles. The van der Waals surface area contributed by atoms with Crippen LogP contribution >= 0.6 is 0 Å². The van der Waals surface area contributed by atoms with Gasteiger partial charge in [-0.2, -0.15) is 23.3 Å². The summed E-state index contributed by atoms with van der Waals surface area (Å²) in [5, 5.41) is 13.2. The first-order valence-electron chi connectivity index (χ1n) is 17.2. The lowest BCUT2D eigenvalue weighted by Crippen LogP contribution is -2.61. The highest BCUT2D eigenvalue weighted by Gasteiger charge is 2.47. The van der Waals surface area contributed by atoms with Crippen molar-refractivity contribution in [3.8, 4) is 16.9 Å². The molecule has 266 valence electrons. The number of halogens is 3. The fourth-order valence-electron chi connectivity index (χ4n) is 7.86. The zero-order chi connectivity index (χ0) is 35.7. The Morgan fingerprint density at radius 2 is 1.88 bits per heavy atom. The molecule has 4 aromatic rings. The van der Waals surface area contributed by atoms with Gasteiger partial charge in [0.25, 0.3) is 0 Å². The van der Waals surface area contributed by atoms with Crippen molar-refractivity contribution in [2.24, 2.45) is 5.41 Å². The van der Waals surface area contributed by atoms with E-state index in [1.54, 1.807) is 17.1 Å². The van der Waals surface area contributed by atoms with Gasteiger partial charge in [0.1, 0.15) is 24.0 Å². The molecule has 51 heavy (non-hydrogen) atoms. The van der Waals surface area contributed by atoms with Gasteiger partial charge in [0.15, 0.2) is 12.4 Å². The van der Waals surface area contributed by atoms with E-state index in [1.165, 1.54) is 12.4 Å². The van der Waals surface area contributed by atoms with Crippen LogP contribution in [0.2, 0.25) is 0 Å². The highest BCUT2D eigenvalue weighted by Crippen LogP contribution is 2.53. The molecule has 12 nitrogen and oxygen atoms in total. The smallest absolute Gasteiger partial charge is 0.422 e. The van der Waals surface area contributed by atoms with Crippen molar-refractivity contribution in [2.45, 2.75) is 50.7 Å². The maximum Gasteiger partial charge on any atom is 0.422 e. The maximum absolute atomic E-state index is 14.0. The van der Waals surface area contributed by atoms with Crippen molar-refractivity contribution in [2.75, 3.05) is 61.4 Å². The first-order chi connectivity index (χ1) is 24.5. The highest BCUT2D eigenvalue weighted by atomic mass is 19.4. The van der Waals surface area contributed by atoms with Crippen LogP contribution in [0.3, 0.4) is 0 Å². The van der Waals surface area contributed by atoms with Crippen LogP contribution in [-0.4, -0.2) is 93.8 Å². The number of anilines is 3. The normalized spacial score (nSPS) is 18.9. The Kier molecular flexibility index (Phi) is 7.91. The molecule has 0 bridgehead atoms. The number of carbonyl (C=O) groups excluding carboxylic acids is 1. The molecule has 3 saturated heterocycles. The lowest BCUT2D eigenvalue weighted by atomic mass is 9.72. The van der Waals surface area contributed by atoms with E-state index < -0.39 is 12.8 Å². The number of benzene rings is 2. The summed E-state index contributed by atoms with van der Waals surface area (Å²) in [5.74, 6) is 1.09.